The van der Waals surface area contributed by atoms with Crippen LogP contribution in [-0.4, -0.2) is 86.6 Å². The highest BCUT2D eigenvalue weighted by Crippen LogP contribution is 2.47. The molecule has 0 aromatic rings. The first-order valence-electron chi connectivity index (χ1n) is 10.7. The smallest absolute Gasteiger partial charge is 0.424 e. The molecule has 6 saturated heterocycles. The normalized spacial score (nSPS) is 57.5. The molecule has 33 heavy (non-hydrogen) atoms. The summed E-state index contributed by atoms with van der Waals surface area (Å²) in [6.07, 6.45) is 0. The summed E-state index contributed by atoms with van der Waals surface area (Å²) in [6, 6.07) is 0. The lowest BCUT2D eigenvalue weighted by Crippen LogP contribution is -2.86. The lowest BCUT2D eigenvalue weighted by molar-refractivity contribution is -0.0174. The quantitative estimate of drug-likeness (QED) is 0.391. The average molecular weight is 627 g/mol. The van der Waals surface area contributed by atoms with Gasteiger partial charge in [-0.1, -0.05) is 0 Å². The summed E-state index contributed by atoms with van der Waals surface area (Å²) in [6.45, 7) is 18.3. The molecule has 6 fully saturated rings. The largest absolute Gasteiger partial charge is 0.475 e. The monoisotopic (exact) mass is 626 g/mol. The van der Waals surface area contributed by atoms with Crippen LogP contribution in [0.25, 0.3) is 0 Å². The predicted molar refractivity (Wildman–Crippen MR) is 132 cm³/mol. The van der Waals surface area contributed by atoms with Crippen LogP contribution in [0.3, 0.4) is 0 Å². The summed E-state index contributed by atoms with van der Waals surface area (Å²) in [7, 11) is -26.1. The molecule has 0 aromatic carbocycles. The van der Waals surface area contributed by atoms with E-state index in [9.17, 15) is 0 Å². The summed E-state index contributed by atoms with van der Waals surface area (Å²) in [5.74, 6) is 0. The first-order chi connectivity index (χ1) is 14.8. The predicted octanol–water partition coefficient (Wildman–Crippen LogP) is 1.42. The third-order valence-corrected chi connectivity index (χ3v) is 41.5. The van der Waals surface area contributed by atoms with Gasteiger partial charge in [-0.15, -0.1) is 0 Å². The van der Waals surface area contributed by atoms with Crippen LogP contribution in [0.1, 0.15) is 0 Å². The molecular weight excluding hydrogens is 593 g/mol. The van der Waals surface area contributed by atoms with Gasteiger partial charge in [0.2, 0.25) is 0 Å². The van der Waals surface area contributed by atoms with Crippen molar-refractivity contribution in [2.75, 3.05) is 7.11 Å². The van der Waals surface area contributed by atoms with Gasteiger partial charge in [0, 0.05) is 59.5 Å². The van der Waals surface area contributed by atoms with E-state index in [4.69, 9.17) is 53.8 Å². The zero-order chi connectivity index (χ0) is 24.8. The molecule has 0 atom stereocenters. The van der Waals surface area contributed by atoms with Crippen molar-refractivity contribution in [1.82, 2.24) is 0 Å². The lowest BCUT2D eigenvalue weighted by atomic mass is 11.8. The molecule has 0 aromatic heterocycles. The van der Waals surface area contributed by atoms with Crippen molar-refractivity contribution >= 4 is 79.5 Å². The van der Waals surface area contributed by atoms with Gasteiger partial charge in [0.25, 0.3) is 0 Å². The Kier molecular flexibility index (Phi) is 6.84. The first-order valence-corrected chi connectivity index (χ1v) is 31.3. The van der Waals surface area contributed by atoms with Gasteiger partial charge in [-0.2, -0.15) is 0 Å². The summed E-state index contributed by atoms with van der Waals surface area (Å²) >= 11 is 0. The minimum absolute atomic E-state index is 0.650. The second-order valence-electron chi connectivity index (χ2n) is 9.41. The van der Waals surface area contributed by atoms with Crippen molar-refractivity contribution < 1.29 is 53.8 Å². The molecule has 6 heterocycles. The van der Waals surface area contributed by atoms with Crippen LogP contribution in [-0.2, 0) is 53.8 Å². The van der Waals surface area contributed by atoms with Gasteiger partial charge >= 0.3 is 70.4 Å². The van der Waals surface area contributed by atoms with E-state index in [1.165, 1.54) is 0 Å². The van der Waals surface area contributed by atoms with Crippen molar-refractivity contribution in [2.24, 2.45) is 0 Å². The standard InChI is InChI=1S/C8H24O12Si8.C3H10OSi/c1-21-9-22(2)12-25(5)14-23(3,10-21)16-27(7)17-24(4,11-21)15-26(6,13-22)19-28(8,18-25)20-27;1-4-5(2)3/h1-8H3;5H,1-3H3. The van der Waals surface area contributed by atoms with Crippen molar-refractivity contribution in [3.05, 3.63) is 0 Å². The Morgan fingerprint density at radius 1 is 0.364 bits per heavy atom. The Hall–Kier alpha value is 1.43. The number of rotatable bonds is 1. The lowest BCUT2D eigenvalue weighted by Gasteiger charge is -2.60. The van der Waals surface area contributed by atoms with E-state index in [-0.39, 0.29) is 0 Å². The van der Waals surface area contributed by atoms with Crippen molar-refractivity contribution in [2.45, 2.75) is 65.5 Å². The minimum Gasteiger partial charge on any atom is -0.424 e. The fourth-order valence-corrected chi connectivity index (χ4v) is 49.9. The SMILES string of the molecule is CO[SiH](C)C.C[Si]12O[Si]3(C)O[Si]4(C)O[Si](C)(O1)O[Si]1(C)O[Si](C)(O2)O[Si](C)(O3)O[Si](C)(O4)O1. The molecule has 13 nitrogen and oxygen atoms in total. The highest BCUT2D eigenvalue weighted by atomic mass is 28.6. The Morgan fingerprint density at radius 2 is 0.455 bits per heavy atom. The van der Waals surface area contributed by atoms with Gasteiger partial charge < -0.3 is 53.8 Å². The van der Waals surface area contributed by atoms with Gasteiger partial charge in [0.05, 0.1) is 0 Å². The summed E-state index contributed by atoms with van der Waals surface area (Å²) < 4.78 is 81.6. The van der Waals surface area contributed by atoms with Crippen molar-refractivity contribution in [1.29, 1.82) is 0 Å². The van der Waals surface area contributed by atoms with E-state index in [2.05, 4.69) is 13.1 Å². The van der Waals surface area contributed by atoms with Crippen LogP contribution < -0.4 is 0 Å². The third-order valence-electron chi connectivity index (χ3n) is 4.92. The van der Waals surface area contributed by atoms with Crippen LogP contribution in [0.15, 0.2) is 0 Å². The van der Waals surface area contributed by atoms with Crippen molar-refractivity contribution in [3.8, 4) is 0 Å². The maximum absolute atomic E-state index is 6.39. The molecule has 192 valence electrons. The first kappa shape index (κ1) is 27.5. The van der Waals surface area contributed by atoms with Crippen LogP contribution in [0.2, 0.25) is 65.5 Å². The van der Waals surface area contributed by atoms with Crippen LogP contribution in [0.5, 0.6) is 0 Å². The fourth-order valence-electron chi connectivity index (χ4n) is 4.54. The minimum atomic E-state index is -3.40. The van der Waals surface area contributed by atoms with E-state index in [0.717, 1.165) is 0 Å². The number of hydrogen-bond acceptors (Lipinski definition) is 13. The van der Waals surface area contributed by atoms with Gasteiger partial charge in [-0.3, -0.25) is 0 Å². The van der Waals surface area contributed by atoms with Gasteiger partial charge in [-0.05, 0) is 13.1 Å². The van der Waals surface area contributed by atoms with Crippen LogP contribution in [0.4, 0.5) is 0 Å². The van der Waals surface area contributed by atoms with E-state index in [1.54, 1.807) is 59.5 Å². The van der Waals surface area contributed by atoms with E-state index in [0.29, 0.717) is 0 Å². The molecule has 6 aliphatic rings. The molecule has 0 spiro atoms. The zero-order valence-corrected chi connectivity index (χ0v) is 30.0. The fraction of sp³-hybridized carbons (Fsp3) is 1.00. The topological polar surface area (TPSA) is 120 Å². The maximum atomic E-state index is 6.39. The molecule has 0 aliphatic carbocycles. The molecule has 6 aliphatic heterocycles. The Bertz CT molecular complexity index is 555. The van der Waals surface area contributed by atoms with E-state index in [1.807, 2.05) is 0 Å². The van der Waals surface area contributed by atoms with Crippen LogP contribution >= 0.6 is 0 Å². The van der Waals surface area contributed by atoms with Crippen molar-refractivity contribution in [3.63, 3.8) is 0 Å². The highest BCUT2D eigenvalue weighted by molar-refractivity contribution is 7.02. The number of hydrogen-bond donors (Lipinski definition) is 0. The van der Waals surface area contributed by atoms with Gasteiger partial charge in [-0.25, -0.2) is 0 Å². The zero-order valence-electron chi connectivity index (χ0n) is 20.9. The highest BCUT2D eigenvalue weighted by Gasteiger charge is 2.78. The van der Waals surface area contributed by atoms with Gasteiger partial charge in [0.1, 0.15) is 0 Å². The molecule has 0 amide bonds. The van der Waals surface area contributed by atoms with Crippen LogP contribution in [0, 0.1) is 0 Å². The molecule has 0 radical (unpaired) electrons. The average Bonchev–Trinajstić information content (AvgIpc) is 2.43. The van der Waals surface area contributed by atoms with E-state index < -0.39 is 79.5 Å². The molecular formula is C11H34O13Si9. The summed E-state index contributed by atoms with van der Waals surface area (Å²) in [4.78, 5) is 0. The Balaban J connectivity index is 0.000000471. The second-order valence-corrected chi connectivity index (χ2v) is 35.6. The second kappa shape index (κ2) is 8.21. The Morgan fingerprint density at radius 3 is 0.515 bits per heavy atom. The maximum Gasteiger partial charge on any atom is 0.475 e. The molecule has 0 N–H and O–H groups in total. The Labute approximate surface area is 205 Å². The van der Waals surface area contributed by atoms with Gasteiger partial charge in [0.15, 0.2) is 9.04 Å². The molecule has 0 unspecified atom stereocenters. The molecule has 8 bridgehead atoms. The summed E-state index contributed by atoms with van der Waals surface area (Å²) in [5.41, 5.74) is 0. The molecule has 6 rings (SSSR count). The van der Waals surface area contributed by atoms with E-state index >= 15 is 0 Å². The summed E-state index contributed by atoms with van der Waals surface area (Å²) in [5, 5.41) is 0. The molecule has 0 saturated carbocycles. The third kappa shape index (κ3) is 5.80. The molecule has 22 heteroatoms.